The molecule has 3 aliphatic heterocycles. The number of cyclic esters (lactones) is 1. The van der Waals surface area contributed by atoms with Crippen LogP contribution in [0.1, 0.15) is 138 Å². The van der Waals surface area contributed by atoms with E-state index < -0.39 is 119 Å². The molecule has 0 amide bonds. The van der Waals surface area contributed by atoms with Gasteiger partial charge in [0.25, 0.3) is 0 Å². The monoisotopic (exact) mass is 1150 g/mol. The summed E-state index contributed by atoms with van der Waals surface area (Å²) in [6, 6.07) is 2.73. The number of oxime groups is 1. The predicted octanol–water partition coefficient (Wildman–Crippen LogP) is 5.65. The number of nitrogens with zero attached hydrogens (tertiary/aromatic N) is 3. The molecule has 1 unspecified atom stereocenters. The quantitative estimate of drug-likeness (QED) is 0.0646. The minimum Gasteiger partial charge on any atom is -0.490 e. The third-order valence-corrected chi connectivity index (χ3v) is 16.9. The van der Waals surface area contributed by atoms with Crippen LogP contribution in [0.4, 0.5) is 0 Å². The maximum atomic E-state index is 14.6. The number of ether oxygens (including phenoxy) is 9. The van der Waals surface area contributed by atoms with Crippen LogP contribution in [0.2, 0.25) is 5.02 Å². The van der Waals surface area contributed by atoms with Crippen LogP contribution in [0.3, 0.4) is 0 Å². The fraction of sp³-hybridized carbons (Fsp3) is 0.772. The number of carboxylic acid groups (broad SMARTS) is 1. The fourth-order valence-corrected chi connectivity index (χ4v) is 12.1. The number of hydrogen-bond acceptors (Lipinski definition) is 20. The van der Waals surface area contributed by atoms with E-state index in [-0.39, 0.29) is 92.0 Å². The van der Waals surface area contributed by atoms with Gasteiger partial charge in [-0.15, -0.1) is 0 Å². The highest BCUT2D eigenvalue weighted by Gasteiger charge is 2.54. The summed E-state index contributed by atoms with van der Waals surface area (Å²) in [6.45, 7) is 18.8. The second-order valence-electron chi connectivity index (χ2n) is 23.3. The van der Waals surface area contributed by atoms with Crippen LogP contribution in [-0.2, 0) is 52.3 Å². The first-order valence-corrected chi connectivity index (χ1v) is 28.5. The minimum atomic E-state index is -1.99. The lowest BCUT2D eigenvalue weighted by Crippen LogP contribution is -2.61. The Morgan fingerprint density at radius 1 is 0.925 bits per heavy atom. The van der Waals surface area contributed by atoms with Gasteiger partial charge >= 0.3 is 17.9 Å². The SMILES string of the molecule is CCO/N=C1\[C@H](C)C[C@@](C)(O)[C@H](O[C@@H]2O[C@H](C)C[C@H](N(C)C)[C@H]2O)[C@@H](C)C(O[C@H]2C[C@@](C)(OC)[C@@H](OC(=O)CCOCCOc3cc4c(=O)c(C(=O)O)cn(C5CC5)c4cc3Cl)[C@H](C)O2)[C@@H](C)C(=O)O[C@H](CC)[C@@](C)(O)[C@@H](O)[C@H]1C. The topological polar surface area (TPSA) is 282 Å². The third-order valence-electron chi connectivity index (χ3n) is 16.6. The minimum absolute atomic E-state index is 0.00902. The van der Waals surface area contributed by atoms with Gasteiger partial charge in [0.1, 0.15) is 47.9 Å². The summed E-state index contributed by atoms with van der Waals surface area (Å²) in [7, 11) is 5.16. The van der Waals surface area contributed by atoms with Crippen molar-refractivity contribution >= 4 is 46.1 Å². The van der Waals surface area contributed by atoms with Gasteiger partial charge < -0.3 is 82.5 Å². The highest BCUT2D eigenvalue weighted by Crippen LogP contribution is 2.43. The van der Waals surface area contributed by atoms with Crippen LogP contribution in [0, 0.1) is 23.7 Å². The molecule has 0 radical (unpaired) electrons. The van der Waals surface area contributed by atoms with Gasteiger partial charge in [-0.25, -0.2) is 4.79 Å². The molecule has 2 aromatic rings. The number of benzene rings is 1. The summed E-state index contributed by atoms with van der Waals surface area (Å²) < 4.78 is 58.0. The zero-order valence-corrected chi connectivity index (χ0v) is 49.7. The van der Waals surface area contributed by atoms with E-state index in [1.807, 2.05) is 32.8 Å². The molecule has 4 fully saturated rings. The average Bonchev–Trinajstić information content (AvgIpc) is 4.27. The molecule has 18 atom stereocenters. The molecule has 23 heteroatoms. The lowest BCUT2D eigenvalue weighted by molar-refractivity contribution is -0.318. The van der Waals surface area contributed by atoms with Crippen molar-refractivity contribution < 1.29 is 87.4 Å². The van der Waals surface area contributed by atoms with E-state index in [1.54, 1.807) is 66.0 Å². The van der Waals surface area contributed by atoms with Crippen molar-refractivity contribution in [1.82, 2.24) is 9.47 Å². The third kappa shape index (κ3) is 14.8. The van der Waals surface area contributed by atoms with Gasteiger partial charge in [0, 0.05) is 49.6 Å². The molecular weight excluding hydrogens is 1070 g/mol. The van der Waals surface area contributed by atoms with E-state index >= 15 is 0 Å². The van der Waals surface area contributed by atoms with Crippen LogP contribution >= 0.6 is 11.6 Å². The van der Waals surface area contributed by atoms with Crippen molar-refractivity contribution in [1.29, 1.82) is 0 Å². The standard InChI is InChI=1S/C57H88ClN3O19/c1-15-42-57(11,70)49(65)31(5)45(59-74-16-2)29(3)26-55(9,69)50(80-54-47(64)40(60(12)13)23-30(4)75-54)32(6)48(33(7)53(68)77-42)79-44-27-56(10,71-14)51(34(8)76-44)78-43(62)19-20-72-21-22-73-41-24-36-39(25-38(41)58)61(35-17-18-35)28-37(46(36)63)52(66)67/h24-25,28-35,40,42,44,47-51,54,64-65,69-70H,15-23,26-27H2,1-14H3,(H,66,67)/b59-45+/t29-,30-,31+,32+,33-,34+,40+,42-,44+,47-,48?,49+,50-,51+,54+,55-,56-,57-/m1/s1. The van der Waals surface area contributed by atoms with E-state index in [4.69, 9.17) is 59.1 Å². The van der Waals surface area contributed by atoms with Crippen molar-refractivity contribution in [2.75, 3.05) is 47.6 Å². The predicted molar refractivity (Wildman–Crippen MR) is 294 cm³/mol. The van der Waals surface area contributed by atoms with Gasteiger partial charge in [0.2, 0.25) is 5.43 Å². The summed E-state index contributed by atoms with van der Waals surface area (Å²) in [6.07, 6.45) is -7.38. The van der Waals surface area contributed by atoms with Gasteiger partial charge in [-0.2, -0.15) is 0 Å². The Hall–Kier alpha value is -4.04. The number of carbonyl (C=O) groups is 3. The molecule has 3 saturated heterocycles. The molecule has 4 heterocycles. The Morgan fingerprint density at radius 3 is 2.23 bits per heavy atom. The van der Waals surface area contributed by atoms with Crippen molar-refractivity contribution in [3.05, 3.63) is 39.1 Å². The zero-order chi connectivity index (χ0) is 59.3. The van der Waals surface area contributed by atoms with E-state index in [9.17, 15) is 44.7 Å². The average molecular weight is 1150 g/mol. The maximum absolute atomic E-state index is 14.6. The molecule has 6 rings (SSSR count). The molecule has 0 bridgehead atoms. The molecule has 1 aliphatic carbocycles. The zero-order valence-electron chi connectivity index (χ0n) is 48.9. The number of esters is 2. The number of methoxy groups -OCH3 is 1. The molecule has 4 aliphatic rings. The van der Waals surface area contributed by atoms with Crippen molar-refractivity contribution in [2.24, 2.45) is 28.8 Å². The van der Waals surface area contributed by atoms with Crippen LogP contribution in [-0.4, -0.2) is 191 Å². The summed E-state index contributed by atoms with van der Waals surface area (Å²) in [5.74, 6) is -6.09. The van der Waals surface area contributed by atoms with Crippen molar-refractivity contribution in [3.8, 4) is 5.75 Å². The molecule has 1 saturated carbocycles. The van der Waals surface area contributed by atoms with Crippen molar-refractivity contribution in [3.63, 3.8) is 0 Å². The molecule has 1 aromatic heterocycles. The molecule has 452 valence electrons. The second-order valence-corrected chi connectivity index (χ2v) is 23.7. The normalized spacial score (nSPS) is 37.3. The second kappa shape index (κ2) is 27.1. The largest absolute Gasteiger partial charge is 0.490 e. The molecule has 1 aromatic carbocycles. The van der Waals surface area contributed by atoms with Crippen LogP contribution in [0.5, 0.6) is 5.75 Å². The highest BCUT2D eigenvalue weighted by atomic mass is 35.5. The molecule has 80 heavy (non-hydrogen) atoms. The number of hydrogen-bond donors (Lipinski definition) is 5. The Morgan fingerprint density at radius 2 is 1.61 bits per heavy atom. The molecular formula is C57H88ClN3O19. The summed E-state index contributed by atoms with van der Waals surface area (Å²) in [4.78, 5) is 60.5. The maximum Gasteiger partial charge on any atom is 0.341 e. The molecule has 0 spiro atoms. The van der Waals surface area contributed by atoms with Crippen LogP contribution < -0.4 is 10.2 Å². The first kappa shape index (κ1) is 65.1. The number of carboxylic acids is 1. The Kier molecular flexibility index (Phi) is 22.1. The van der Waals surface area contributed by atoms with Gasteiger partial charge in [0.15, 0.2) is 18.7 Å². The van der Waals surface area contributed by atoms with E-state index in [2.05, 4.69) is 5.16 Å². The van der Waals surface area contributed by atoms with E-state index in [0.29, 0.717) is 17.6 Å². The highest BCUT2D eigenvalue weighted by molar-refractivity contribution is 6.32. The van der Waals surface area contributed by atoms with Crippen molar-refractivity contribution in [2.45, 2.75) is 211 Å². The number of aliphatic hydroxyl groups is 4. The fourth-order valence-electron chi connectivity index (χ4n) is 11.9. The number of aromatic nitrogens is 1. The van der Waals surface area contributed by atoms with Gasteiger partial charge in [-0.3, -0.25) is 14.4 Å². The summed E-state index contributed by atoms with van der Waals surface area (Å²) >= 11 is 6.56. The summed E-state index contributed by atoms with van der Waals surface area (Å²) in [5.41, 5.74) is -5.16. The van der Waals surface area contributed by atoms with Crippen LogP contribution in [0.25, 0.3) is 10.9 Å². The van der Waals surface area contributed by atoms with E-state index in [0.717, 1.165) is 12.8 Å². The molecule has 5 N–H and O–H groups in total. The first-order valence-electron chi connectivity index (χ1n) is 28.1. The Bertz CT molecular complexity index is 2540. The lowest BCUT2D eigenvalue weighted by Gasteiger charge is -2.49. The number of fused-ring (bicyclic) bond motifs is 1. The van der Waals surface area contributed by atoms with E-state index in [1.165, 1.54) is 26.3 Å². The van der Waals surface area contributed by atoms with Gasteiger partial charge in [-0.1, -0.05) is 44.5 Å². The Labute approximate surface area is 474 Å². The Balaban J connectivity index is 1.20. The van der Waals surface area contributed by atoms with Gasteiger partial charge in [0.05, 0.1) is 83.3 Å². The number of aromatic carboxylic acids is 1. The van der Waals surface area contributed by atoms with Crippen LogP contribution in [0.15, 0.2) is 28.3 Å². The summed E-state index contributed by atoms with van der Waals surface area (Å²) in [5, 5.41) is 63.2. The lowest BCUT2D eigenvalue weighted by atomic mass is 9.73. The number of aliphatic hydroxyl groups excluding tert-OH is 2. The molecule has 22 nitrogen and oxygen atoms in total. The smallest absolute Gasteiger partial charge is 0.341 e. The first-order chi connectivity index (χ1) is 37.5. The van der Waals surface area contributed by atoms with Gasteiger partial charge in [-0.05, 0) is 107 Å². The number of carbonyl (C=O) groups excluding carboxylic acids is 2. The number of likely N-dealkylation sites (N-methyl/N-ethyl adjacent to an activating group) is 1. The number of halogens is 1. The number of rotatable bonds is 19. The number of pyridine rings is 1.